The summed E-state index contributed by atoms with van der Waals surface area (Å²) in [6.45, 7) is 0.800. The van der Waals surface area contributed by atoms with Gasteiger partial charge in [0, 0.05) is 36.4 Å². The quantitative estimate of drug-likeness (QED) is 0.692. The number of aryl methyl sites for hydroxylation is 3. The Morgan fingerprint density at radius 2 is 1.96 bits per heavy atom. The molecule has 132 valence electrons. The Morgan fingerprint density at radius 3 is 2.85 bits per heavy atom. The maximum atomic E-state index is 12.8. The van der Waals surface area contributed by atoms with E-state index in [1.807, 2.05) is 53.0 Å². The van der Waals surface area contributed by atoms with Crippen LogP contribution in [0.1, 0.15) is 28.2 Å². The largest absolute Gasteiger partial charge is 0.312 e. The van der Waals surface area contributed by atoms with Crippen LogP contribution in [0.15, 0.2) is 54.2 Å². The zero-order valence-electron chi connectivity index (χ0n) is 14.6. The van der Waals surface area contributed by atoms with Gasteiger partial charge in [-0.15, -0.1) is 11.3 Å². The third-order valence-corrected chi connectivity index (χ3v) is 5.68. The van der Waals surface area contributed by atoms with Crippen LogP contribution in [0.2, 0.25) is 0 Å². The van der Waals surface area contributed by atoms with Crippen molar-refractivity contribution in [2.75, 3.05) is 11.4 Å². The molecule has 1 aliphatic heterocycles. The first kappa shape index (κ1) is 16.9. The number of pyridine rings is 1. The molecule has 0 unspecified atom stereocenters. The van der Waals surface area contributed by atoms with Gasteiger partial charge in [-0.3, -0.25) is 9.78 Å². The first-order chi connectivity index (χ1) is 12.8. The zero-order valence-corrected chi connectivity index (χ0v) is 15.4. The zero-order chi connectivity index (χ0) is 17.8. The Balaban J connectivity index is 1.39. The molecule has 0 saturated carbocycles. The summed E-state index contributed by atoms with van der Waals surface area (Å²) in [7, 11) is 0. The van der Waals surface area contributed by atoms with Crippen LogP contribution in [-0.2, 0) is 30.5 Å². The summed E-state index contributed by atoms with van der Waals surface area (Å²) >= 11 is 1.65. The van der Waals surface area contributed by atoms with Crippen molar-refractivity contribution >= 4 is 22.9 Å². The van der Waals surface area contributed by atoms with E-state index in [2.05, 4.69) is 16.0 Å². The van der Waals surface area contributed by atoms with E-state index in [4.69, 9.17) is 0 Å². The lowest BCUT2D eigenvalue weighted by Gasteiger charge is -2.29. The molecule has 4 rings (SSSR count). The Morgan fingerprint density at radius 1 is 1.12 bits per heavy atom. The average Bonchev–Trinajstić information content (AvgIpc) is 3.14. The lowest BCUT2D eigenvalue weighted by atomic mass is 10.0. The molecule has 1 aromatic carbocycles. The molecule has 0 saturated heterocycles. The van der Waals surface area contributed by atoms with Crippen LogP contribution in [0, 0.1) is 0 Å². The molecule has 2 aromatic heterocycles. The summed E-state index contributed by atoms with van der Waals surface area (Å²) in [5.41, 5.74) is 4.48. The van der Waals surface area contributed by atoms with Crippen LogP contribution in [0.4, 0.5) is 5.69 Å². The molecule has 0 radical (unpaired) electrons. The van der Waals surface area contributed by atoms with Crippen LogP contribution in [0.3, 0.4) is 0 Å². The van der Waals surface area contributed by atoms with Gasteiger partial charge in [-0.05, 0) is 48.6 Å². The molecule has 4 nitrogen and oxygen atoms in total. The van der Waals surface area contributed by atoms with Gasteiger partial charge in [0.25, 0.3) is 0 Å². The summed E-state index contributed by atoms with van der Waals surface area (Å²) in [6, 6.07) is 12.3. The van der Waals surface area contributed by atoms with Gasteiger partial charge in [0.2, 0.25) is 5.91 Å². The Labute approximate surface area is 157 Å². The maximum Gasteiger partial charge on any atom is 0.233 e. The normalized spacial score (nSPS) is 13.5. The molecule has 5 heteroatoms. The van der Waals surface area contributed by atoms with Crippen molar-refractivity contribution in [1.29, 1.82) is 0 Å². The SMILES string of the molecule is O=C(Cc1csc(CCc2ccncc2)n1)N1CCCc2ccccc21. The van der Waals surface area contributed by atoms with Crippen LogP contribution >= 0.6 is 11.3 Å². The number of fused-ring (bicyclic) bond motifs is 1. The lowest BCUT2D eigenvalue weighted by Crippen LogP contribution is -2.36. The Kier molecular flexibility index (Phi) is 5.07. The Bertz CT molecular complexity index is 891. The number of aromatic nitrogens is 2. The molecule has 0 bridgehead atoms. The molecule has 0 spiro atoms. The van der Waals surface area contributed by atoms with Gasteiger partial charge in [0.15, 0.2) is 0 Å². The predicted molar refractivity (Wildman–Crippen MR) is 105 cm³/mol. The molecule has 3 heterocycles. The number of carbonyl (C=O) groups is 1. The highest BCUT2D eigenvalue weighted by Gasteiger charge is 2.22. The van der Waals surface area contributed by atoms with Crippen molar-refractivity contribution in [3.63, 3.8) is 0 Å². The summed E-state index contributed by atoms with van der Waals surface area (Å²) in [6.07, 6.45) is 7.93. The van der Waals surface area contributed by atoms with Crippen molar-refractivity contribution in [1.82, 2.24) is 9.97 Å². The monoisotopic (exact) mass is 363 g/mol. The number of para-hydroxylation sites is 1. The lowest BCUT2D eigenvalue weighted by molar-refractivity contribution is -0.118. The molecule has 3 aromatic rings. The average molecular weight is 363 g/mol. The molecular formula is C21H21N3OS. The maximum absolute atomic E-state index is 12.8. The van der Waals surface area contributed by atoms with Gasteiger partial charge >= 0.3 is 0 Å². The highest BCUT2D eigenvalue weighted by Crippen LogP contribution is 2.27. The molecule has 26 heavy (non-hydrogen) atoms. The summed E-state index contributed by atoms with van der Waals surface area (Å²) in [5.74, 6) is 0.142. The Hall–Kier alpha value is -2.53. The molecule has 0 fully saturated rings. The summed E-state index contributed by atoms with van der Waals surface area (Å²) < 4.78 is 0. The van der Waals surface area contributed by atoms with E-state index in [1.54, 1.807) is 11.3 Å². The van der Waals surface area contributed by atoms with E-state index < -0.39 is 0 Å². The van der Waals surface area contributed by atoms with Gasteiger partial charge in [-0.2, -0.15) is 0 Å². The fourth-order valence-corrected chi connectivity index (χ4v) is 4.19. The number of hydrogen-bond acceptors (Lipinski definition) is 4. The first-order valence-corrected chi connectivity index (χ1v) is 9.88. The molecular weight excluding hydrogens is 342 g/mol. The standard InChI is InChI=1S/C21H21N3OS/c25-21(24-13-3-5-17-4-1-2-6-19(17)24)14-18-15-26-20(23-18)8-7-16-9-11-22-12-10-16/h1-2,4,6,9-12,15H,3,5,7-8,13-14H2. The molecule has 1 amide bonds. The number of rotatable bonds is 5. The second-order valence-corrected chi connectivity index (χ2v) is 7.49. The van der Waals surface area contributed by atoms with E-state index in [9.17, 15) is 4.79 Å². The summed E-state index contributed by atoms with van der Waals surface area (Å²) in [4.78, 5) is 23.4. The second-order valence-electron chi connectivity index (χ2n) is 6.54. The number of nitrogens with zero attached hydrogens (tertiary/aromatic N) is 3. The van der Waals surface area contributed by atoms with Crippen LogP contribution in [0.5, 0.6) is 0 Å². The third-order valence-electron chi connectivity index (χ3n) is 4.72. The van der Waals surface area contributed by atoms with Gasteiger partial charge < -0.3 is 4.90 Å². The van der Waals surface area contributed by atoms with Crippen molar-refractivity contribution in [2.24, 2.45) is 0 Å². The van der Waals surface area contributed by atoms with E-state index in [0.717, 1.165) is 48.6 Å². The van der Waals surface area contributed by atoms with Crippen molar-refractivity contribution < 1.29 is 4.79 Å². The first-order valence-electron chi connectivity index (χ1n) is 9.00. The fourth-order valence-electron chi connectivity index (χ4n) is 3.39. The van der Waals surface area contributed by atoms with Gasteiger partial charge in [0.05, 0.1) is 17.1 Å². The van der Waals surface area contributed by atoms with Crippen molar-refractivity contribution in [3.8, 4) is 0 Å². The minimum Gasteiger partial charge on any atom is -0.312 e. The highest BCUT2D eigenvalue weighted by atomic mass is 32.1. The number of benzene rings is 1. The predicted octanol–water partition coefficient (Wildman–Crippen LogP) is 3.85. The topological polar surface area (TPSA) is 46.1 Å². The van der Waals surface area contributed by atoms with Gasteiger partial charge in [0.1, 0.15) is 0 Å². The summed E-state index contributed by atoms with van der Waals surface area (Å²) in [5, 5.41) is 3.11. The molecule has 1 aliphatic rings. The number of anilines is 1. The number of hydrogen-bond donors (Lipinski definition) is 0. The second kappa shape index (κ2) is 7.79. The van der Waals surface area contributed by atoms with Gasteiger partial charge in [-0.1, -0.05) is 18.2 Å². The van der Waals surface area contributed by atoms with Crippen LogP contribution in [0.25, 0.3) is 0 Å². The van der Waals surface area contributed by atoms with E-state index in [0.29, 0.717) is 6.42 Å². The molecule has 0 aliphatic carbocycles. The minimum atomic E-state index is 0.142. The smallest absolute Gasteiger partial charge is 0.233 e. The van der Waals surface area contributed by atoms with Crippen LogP contribution < -0.4 is 4.90 Å². The van der Waals surface area contributed by atoms with Crippen LogP contribution in [-0.4, -0.2) is 22.4 Å². The third kappa shape index (κ3) is 3.83. The molecule has 0 N–H and O–H groups in total. The van der Waals surface area contributed by atoms with Gasteiger partial charge in [-0.25, -0.2) is 4.98 Å². The molecule has 0 atom stereocenters. The van der Waals surface area contributed by atoms with E-state index in [-0.39, 0.29) is 5.91 Å². The van der Waals surface area contributed by atoms with E-state index >= 15 is 0 Å². The van der Waals surface area contributed by atoms with Crippen molar-refractivity contribution in [2.45, 2.75) is 32.1 Å². The number of thiazole rings is 1. The fraction of sp³-hybridized carbons (Fsp3) is 0.286. The van der Waals surface area contributed by atoms with E-state index in [1.165, 1.54) is 11.1 Å². The van der Waals surface area contributed by atoms with Crippen molar-refractivity contribution in [3.05, 3.63) is 76.0 Å². The highest BCUT2D eigenvalue weighted by molar-refractivity contribution is 7.09. The minimum absolute atomic E-state index is 0.142. The number of carbonyl (C=O) groups excluding carboxylic acids is 1. The number of amides is 1.